The fourth-order valence-corrected chi connectivity index (χ4v) is 6.51. The molecule has 2 aliphatic rings. The molecule has 0 N–H and O–H groups in total. The van der Waals surface area contributed by atoms with Crippen molar-refractivity contribution < 1.29 is 19.1 Å². The van der Waals surface area contributed by atoms with E-state index in [1.807, 2.05) is 47.2 Å². The van der Waals surface area contributed by atoms with Gasteiger partial charge in [-0.15, -0.1) is 21.5 Å². The van der Waals surface area contributed by atoms with Gasteiger partial charge in [0.25, 0.3) is 11.8 Å². The first kappa shape index (κ1) is 26.2. The smallest absolute Gasteiger partial charge is 0.276 e. The summed E-state index contributed by atoms with van der Waals surface area (Å²) in [6, 6.07) is 5.79. The van der Waals surface area contributed by atoms with Crippen molar-refractivity contribution in [3.05, 3.63) is 62.5 Å². The number of amides is 2. The van der Waals surface area contributed by atoms with Crippen molar-refractivity contribution in [2.45, 2.75) is 45.6 Å². The molecule has 0 spiro atoms. The van der Waals surface area contributed by atoms with E-state index in [1.54, 1.807) is 18.7 Å². The van der Waals surface area contributed by atoms with Crippen LogP contribution in [0.2, 0.25) is 0 Å². The van der Waals surface area contributed by atoms with Gasteiger partial charge in [-0.25, -0.2) is 9.50 Å². The van der Waals surface area contributed by atoms with Gasteiger partial charge in [-0.3, -0.25) is 9.59 Å². The number of nitrogens with zero attached hydrogens (tertiary/aromatic N) is 7. The number of fused-ring (bicyclic) bond motifs is 2. The summed E-state index contributed by atoms with van der Waals surface area (Å²) in [6.45, 7) is 6.06. The van der Waals surface area contributed by atoms with E-state index in [-0.39, 0.29) is 17.7 Å². The SMILES string of the molecule is COc1cc2c(cc1OC)CN(C(=O)c1csc(C3CCN(C(=O)c4nnc5cc(C)nn5c4C)CC3)n1)CC2. The van der Waals surface area contributed by atoms with Crippen molar-refractivity contribution in [1.82, 2.24) is 34.6 Å². The number of piperidine rings is 1. The van der Waals surface area contributed by atoms with Crippen LogP contribution in [0.3, 0.4) is 0 Å². The fraction of sp³-hybridized carbons (Fsp3) is 0.429. The zero-order valence-corrected chi connectivity index (χ0v) is 23.8. The van der Waals surface area contributed by atoms with Crippen LogP contribution in [0, 0.1) is 13.8 Å². The Balaban J connectivity index is 1.10. The lowest BCUT2D eigenvalue weighted by Crippen LogP contribution is -2.39. The summed E-state index contributed by atoms with van der Waals surface area (Å²) < 4.78 is 12.5. The van der Waals surface area contributed by atoms with Gasteiger partial charge in [0.2, 0.25) is 0 Å². The Bertz CT molecular complexity index is 1610. The standard InChI is InChI=1S/C28H31N7O4S/c1-16-11-24-30-31-25(17(2)35(24)32-16)28(37)33-8-5-18(6-9-33)26-29-21(15-40-26)27(36)34-10-7-19-12-22(38-3)23(39-4)13-20(19)14-34/h11-13,15,18H,5-10,14H2,1-4H3. The number of benzene rings is 1. The van der Waals surface area contributed by atoms with E-state index in [0.717, 1.165) is 35.5 Å². The van der Waals surface area contributed by atoms with Crippen LogP contribution < -0.4 is 9.47 Å². The number of ether oxygens (including phenoxy) is 2. The van der Waals surface area contributed by atoms with E-state index in [2.05, 4.69) is 15.3 Å². The molecule has 6 rings (SSSR count). The average Bonchev–Trinajstić information content (AvgIpc) is 3.63. The Kier molecular flexibility index (Phi) is 6.87. The maximum Gasteiger partial charge on any atom is 0.276 e. The van der Waals surface area contributed by atoms with Gasteiger partial charge < -0.3 is 19.3 Å². The van der Waals surface area contributed by atoms with E-state index < -0.39 is 0 Å². The van der Waals surface area contributed by atoms with E-state index in [4.69, 9.17) is 14.5 Å². The Morgan fingerprint density at radius 3 is 2.38 bits per heavy atom. The molecule has 208 valence electrons. The molecular formula is C28H31N7O4S. The molecule has 0 radical (unpaired) electrons. The minimum Gasteiger partial charge on any atom is -0.493 e. The molecule has 0 unspecified atom stereocenters. The molecule has 40 heavy (non-hydrogen) atoms. The highest BCUT2D eigenvalue weighted by Crippen LogP contribution is 2.34. The number of methoxy groups -OCH3 is 2. The number of hydrogen-bond acceptors (Lipinski definition) is 9. The van der Waals surface area contributed by atoms with Crippen LogP contribution in [0.4, 0.5) is 0 Å². The minimum atomic E-state index is -0.131. The van der Waals surface area contributed by atoms with Crippen molar-refractivity contribution >= 4 is 28.8 Å². The third-order valence-corrected chi connectivity index (χ3v) is 8.81. The number of carbonyl (C=O) groups excluding carboxylic acids is 2. The largest absolute Gasteiger partial charge is 0.493 e. The Hall–Kier alpha value is -4.06. The zero-order chi connectivity index (χ0) is 28.0. The van der Waals surface area contributed by atoms with Gasteiger partial charge in [0.05, 0.1) is 30.6 Å². The van der Waals surface area contributed by atoms with Gasteiger partial charge in [0.15, 0.2) is 22.8 Å². The molecule has 5 heterocycles. The average molecular weight is 562 g/mol. The maximum absolute atomic E-state index is 13.3. The van der Waals surface area contributed by atoms with E-state index in [9.17, 15) is 9.59 Å². The second kappa shape index (κ2) is 10.5. The summed E-state index contributed by atoms with van der Waals surface area (Å²) >= 11 is 1.52. The zero-order valence-electron chi connectivity index (χ0n) is 23.0. The van der Waals surface area contributed by atoms with Gasteiger partial charge in [-0.2, -0.15) is 5.10 Å². The molecule has 1 fully saturated rings. The monoisotopic (exact) mass is 561 g/mol. The van der Waals surface area contributed by atoms with Gasteiger partial charge in [0, 0.05) is 43.5 Å². The number of aromatic nitrogens is 5. The van der Waals surface area contributed by atoms with Crippen molar-refractivity contribution in [3.63, 3.8) is 0 Å². The number of carbonyl (C=O) groups is 2. The number of rotatable bonds is 5. The molecular weight excluding hydrogens is 530 g/mol. The summed E-state index contributed by atoms with van der Waals surface area (Å²) in [5, 5.41) is 15.6. The first-order valence-electron chi connectivity index (χ1n) is 13.3. The predicted molar refractivity (Wildman–Crippen MR) is 148 cm³/mol. The molecule has 0 aliphatic carbocycles. The number of hydrogen-bond donors (Lipinski definition) is 0. The van der Waals surface area contributed by atoms with Crippen molar-refractivity contribution in [1.29, 1.82) is 0 Å². The van der Waals surface area contributed by atoms with Crippen LogP contribution in [0.25, 0.3) is 5.65 Å². The quantitative estimate of drug-likeness (QED) is 0.364. The van der Waals surface area contributed by atoms with Gasteiger partial charge in [-0.1, -0.05) is 0 Å². The molecule has 0 saturated carbocycles. The van der Waals surface area contributed by atoms with E-state index in [0.29, 0.717) is 60.4 Å². The summed E-state index contributed by atoms with van der Waals surface area (Å²) in [4.78, 5) is 35.0. The lowest BCUT2D eigenvalue weighted by Gasteiger charge is -2.31. The molecule has 3 aromatic heterocycles. The lowest BCUT2D eigenvalue weighted by molar-refractivity contribution is 0.0703. The van der Waals surface area contributed by atoms with E-state index >= 15 is 0 Å². The molecule has 2 aliphatic heterocycles. The Morgan fingerprint density at radius 2 is 1.65 bits per heavy atom. The molecule has 0 atom stereocenters. The van der Waals surface area contributed by atoms with Crippen LogP contribution in [-0.4, -0.2) is 80.3 Å². The third kappa shape index (κ3) is 4.66. The molecule has 1 aromatic carbocycles. The predicted octanol–water partition coefficient (Wildman–Crippen LogP) is 3.43. The van der Waals surface area contributed by atoms with Crippen molar-refractivity contribution in [2.24, 2.45) is 0 Å². The first-order valence-corrected chi connectivity index (χ1v) is 14.2. The van der Waals surface area contributed by atoms with Gasteiger partial charge in [-0.05, 0) is 56.4 Å². The van der Waals surface area contributed by atoms with Gasteiger partial charge in [0.1, 0.15) is 5.69 Å². The van der Waals surface area contributed by atoms with Crippen LogP contribution in [0.15, 0.2) is 23.6 Å². The highest BCUT2D eigenvalue weighted by atomic mass is 32.1. The number of likely N-dealkylation sites (tertiary alicyclic amines) is 1. The molecule has 2 amide bonds. The Morgan fingerprint density at radius 1 is 0.925 bits per heavy atom. The number of thiazole rings is 1. The third-order valence-electron chi connectivity index (χ3n) is 7.81. The summed E-state index contributed by atoms with van der Waals surface area (Å²) in [6.07, 6.45) is 2.31. The van der Waals surface area contributed by atoms with Crippen molar-refractivity contribution in [2.75, 3.05) is 33.9 Å². The molecule has 12 heteroatoms. The molecule has 0 bridgehead atoms. The fourth-order valence-electron chi connectivity index (χ4n) is 5.55. The van der Waals surface area contributed by atoms with Crippen LogP contribution in [0.1, 0.15) is 67.3 Å². The highest BCUT2D eigenvalue weighted by molar-refractivity contribution is 7.09. The van der Waals surface area contributed by atoms with Crippen LogP contribution in [0.5, 0.6) is 11.5 Å². The van der Waals surface area contributed by atoms with Crippen LogP contribution >= 0.6 is 11.3 Å². The normalized spacial score (nSPS) is 15.8. The Labute approximate surface area is 235 Å². The molecule has 4 aromatic rings. The molecule has 11 nitrogen and oxygen atoms in total. The highest BCUT2D eigenvalue weighted by Gasteiger charge is 2.30. The summed E-state index contributed by atoms with van der Waals surface area (Å²) in [5.74, 6) is 1.38. The summed E-state index contributed by atoms with van der Waals surface area (Å²) in [5.41, 5.74) is 5.19. The molecule has 1 saturated heterocycles. The summed E-state index contributed by atoms with van der Waals surface area (Å²) in [7, 11) is 3.24. The lowest BCUT2D eigenvalue weighted by atomic mass is 9.97. The maximum atomic E-state index is 13.3. The first-order chi connectivity index (χ1) is 19.4. The minimum absolute atomic E-state index is 0.0613. The second-order valence-electron chi connectivity index (χ2n) is 10.3. The second-order valence-corrected chi connectivity index (χ2v) is 11.2. The number of aryl methyl sites for hydroxylation is 2. The van der Waals surface area contributed by atoms with E-state index in [1.165, 1.54) is 16.9 Å². The van der Waals surface area contributed by atoms with Crippen molar-refractivity contribution in [3.8, 4) is 11.5 Å². The van der Waals surface area contributed by atoms with Crippen LogP contribution in [-0.2, 0) is 13.0 Å². The topological polar surface area (TPSA) is 115 Å². The van der Waals surface area contributed by atoms with Gasteiger partial charge >= 0.3 is 0 Å².